The van der Waals surface area contributed by atoms with E-state index >= 15 is 0 Å². The van der Waals surface area contributed by atoms with E-state index in [9.17, 15) is 0 Å². The molecule has 0 aliphatic heterocycles. The predicted octanol–water partition coefficient (Wildman–Crippen LogP) is 2.51. The van der Waals surface area contributed by atoms with E-state index in [0.29, 0.717) is 19.8 Å². The molecule has 0 aromatic heterocycles. The summed E-state index contributed by atoms with van der Waals surface area (Å²) in [7, 11) is -2.40. The second-order valence-electron chi connectivity index (χ2n) is 3.84. The van der Waals surface area contributed by atoms with Gasteiger partial charge >= 0.3 is 8.80 Å². The van der Waals surface area contributed by atoms with Crippen molar-refractivity contribution < 1.29 is 13.3 Å². The Kier molecular flexibility index (Phi) is 12.7. The minimum Gasteiger partial charge on any atom is -0.374 e. The van der Waals surface area contributed by atoms with Gasteiger partial charge in [0.25, 0.3) is 0 Å². The average Bonchev–Trinajstić information content (AvgIpc) is 2.35. The minimum atomic E-state index is -2.40. The summed E-state index contributed by atoms with van der Waals surface area (Å²) in [5, 5.41) is 0. The van der Waals surface area contributed by atoms with E-state index in [1.807, 2.05) is 32.5 Å². The molecular formula is C12H29NO3SSi. The Morgan fingerprint density at radius 3 is 1.83 bits per heavy atom. The van der Waals surface area contributed by atoms with Crippen molar-refractivity contribution in [2.75, 3.05) is 37.9 Å². The lowest BCUT2D eigenvalue weighted by Crippen LogP contribution is -2.46. The summed E-state index contributed by atoms with van der Waals surface area (Å²) in [6.07, 6.45) is 2.18. The maximum absolute atomic E-state index is 5.80. The van der Waals surface area contributed by atoms with Crippen LogP contribution in [0.4, 0.5) is 0 Å². The lowest BCUT2D eigenvalue weighted by Gasteiger charge is -2.28. The SMILES string of the molecule is CCO[Si](CCCSCCCN)(OCC)OCC. The predicted molar refractivity (Wildman–Crippen MR) is 81.1 cm³/mol. The van der Waals surface area contributed by atoms with E-state index in [1.165, 1.54) is 0 Å². The van der Waals surface area contributed by atoms with Gasteiger partial charge in [0.2, 0.25) is 0 Å². The van der Waals surface area contributed by atoms with Crippen LogP contribution < -0.4 is 5.73 Å². The van der Waals surface area contributed by atoms with Crippen LogP contribution in [-0.4, -0.2) is 46.7 Å². The van der Waals surface area contributed by atoms with Gasteiger partial charge in [-0.3, -0.25) is 0 Å². The number of hydrogen-bond donors (Lipinski definition) is 1. The van der Waals surface area contributed by atoms with Crippen molar-refractivity contribution in [3.05, 3.63) is 0 Å². The third-order valence-corrected chi connectivity index (χ3v) is 6.66. The van der Waals surface area contributed by atoms with Crippen LogP contribution >= 0.6 is 11.8 Å². The van der Waals surface area contributed by atoms with Crippen molar-refractivity contribution in [2.45, 2.75) is 39.7 Å². The highest BCUT2D eigenvalue weighted by atomic mass is 32.2. The van der Waals surface area contributed by atoms with Crippen molar-refractivity contribution in [2.24, 2.45) is 5.73 Å². The first-order valence-electron chi connectivity index (χ1n) is 6.94. The normalized spacial score (nSPS) is 12.0. The smallest absolute Gasteiger partial charge is 0.374 e. The molecule has 0 atom stereocenters. The number of rotatable bonds is 13. The van der Waals surface area contributed by atoms with Crippen molar-refractivity contribution >= 4 is 20.6 Å². The Labute approximate surface area is 117 Å². The van der Waals surface area contributed by atoms with Gasteiger partial charge in [0.1, 0.15) is 0 Å². The molecule has 0 saturated carbocycles. The Hall–Kier alpha value is 0.407. The van der Waals surface area contributed by atoms with E-state index in [0.717, 1.165) is 36.9 Å². The molecule has 0 aliphatic rings. The first-order chi connectivity index (χ1) is 8.74. The molecule has 0 aromatic rings. The molecule has 0 heterocycles. The van der Waals surface area contributed by atoms with Gasteiger partial charge in [-0.2, -0.15) is 11.8 Å². The van der Waals surface area contributed by atoms with Gasteiger partial charge in [-0.1, -0.05) is 0 Å². The van der Waals surface area contributed by atoms with Crippen LogP contribution in [0.1, 0.15) is 33.6 Å². The van der Waals surface area contributed by atoms with Gasteiger partial charge in [0, 0.05) is 25.9 Å². The summed E-state index contributed by atoms with van der Waals surface area (Å²) < 4.78 is 17.4. The summed E-state index contributed by atoms with van der Waals surface area (Å²) in [4.78, 5) is 0. The molecule has 110 valence electrons. The zero-order valence-corrected chi connectivity index (χ0v) is 13.9. The van der Waals surface area contributed by atoms with Crippen molar-refractivity contribution in [1.82, 2.24) is 0 Å². The van der Waals surface area contributed by atoms with E-state index in [2.05, 4.69) is 0 Å². The molecule has 0 fully saturated rings. The fraction of sp³-hybridized carbons (Fsp3) is 1.00. The van der Waals surface area contributed by atoms with Crippen LogP contribution in [0, 0.1) is 0 Å². The largest absolute Gasteiger partial charge is 0.500 e. The highest BCUT2D eigenvalue weighted by Crippen LogP contribution is 2.20. The lowest BCUT2D eigenvalue weighted by molar-refractivity contribution is 0.0712. The van der Waals surface area contributed by atoms with E-state index < -0.39 is 8.80 Å². The molecule has 0 radical (unpaired) electrons. The standard InChI is InChI=1S/C12H29NO3SSi/c1-4-14-18(15-5-2,16-6-3)12-8-11-17-10-7-9-13/h4-13H2,1-3H3. The first-order valence-corrected chi connectivity index (χ1v) is 10.0. The number of thioether (sulfide) groups is 1. The molecular weight excluding hydrogens is 266 g/mol. The molecule has 4 nitrogen and oxygen atoms in total. The van der Waals surface area contributed by atoms with E-state index in [1.54, 1.807) is 0 Å². The molecule has 2 N–H and O–H groups in total. The molecule has 0 amide bonds. The van der Waals surface area contributed by atoms with Crippen LogP contribution in [0.15, 0.2) is 0 Å². The summed E-state index contributed by atoms with van der Waals surface area (Å²) in [6, 6.07) is 0.915. The lowest BCUT2D eigenvalue weighted by atomic mass is 10.5. The van der Waals surface area contributed by atoms with Crippen LogP contribution in [-0.2, 0) is 13.3 Å². The molecule has 0 rings (SSSR count). The Bertz CT molecular complexity index is 170. The summed E-state index contributed by atoms with van der Waals surface area (Å²) in [6.45, 7) is 8.75. The maximum atomic E-state index is 5.80. The van der Waals surface area contributed by atoms with Gasteiger partial charge in [-0.15, -0.1) is 0 Å². The van der Waals surface area contributed by atoms with Crippen LogP contribution in [0.25, 0.3) is 0 Å². The monoisotopic (exact) mass is 295 g/mol. The molecule has 6 heteroatoms. The third-order valence-electron chi connectivity index (χ3n) is 2.36. The molecule has 0 bridgehead atoms. The highest BCUT2D eigenvalue weighted by molar-refractivity contribution is 7.99. The Balaban J connectivity index is 3.97. The fourth-order valence-corrected chi connectivity index (χ4v) is 5.47. The minimum absolute atomic E-state index is 0.659. The van der Waals surface area contributed by atoms with E-state index in [-0.39, 0.29) is 0 Å². The highest BCUT2D eigenvalue weighted by Gasteiger charge is 2.39. The summed E-state index contributed by atoms with van der Waals surface area (Å²) in [5.41, 5.74) is 5.46. The van der Waals surface area contributed by atoms with Gasteiger partial charge in [0.15, 0.2) is 0 Å². The Morgan fingerprint density at radius 2 is 1.39 bits per heavy atom. The van der Waals surface area contributed by atoms with Crippen LogP contribution in [0.5, 0.6) is 0 Å². The van der Waals surface area contributed by atoms with Gasteiger partial charge in [-0.25, -0.2) is 0 Å². The molecule has 0 spiro atoms. The fourth-order valence-electron chi connectivity index (χ4n) is 1.68. The van der Waals surface area contributed by atoms with Gasteiger partial charge in [0.05, 0.1) is 0 Å². The molecule has 0 unspecified atom stereocenters. The van der Waals surface area contributed by atoms with Crippen molar-refractivity contribution in [3.8, 4) is 0 Å². The van der Waals surface area contributed by atoms with Crippen molar-refractivity contribution in [3.63, 3.8) is 0 Å². The molecule has 18 heavy (non-hydrogen) atoms. The topological polar surface area (TPSA) is 53.7 Å². The number of hydrogen-bond acceptors (Lipinski definition) is 5. The quantitative estimate of drug-likeness (QED) is 0.418. The maximum Gasteiger partial charge on any atom is 0.500 e. The molecule has 0 aromatic carbocycles. The Morgan fingerprint density at radius 1 is 0.889 bits per heavy atom. The number of nitrogens with two attached hydrogens (primary N) is 1. The zero-order valence-electron chi connectivity index (χ0n) is 12.1. The van der Waals surface area contributed by atoms with Gasteiger partial charge < -0.3 is 19.0 Å². The van der Waals surface area contributed by atoms with E-state index in [4.69, 9.17) is 19.0 Å². The average molecular weight is 296 g/mol. The first kappa shape index (κ1) is 18.4. The summed E-state index contributed by atoms with van der Waals surface area (Å²) in [5.74, 6) is 2.27. The van der Waals surface area contributed by atoms with Gasteiger partial charge in [-0.05, 0) is 51.7 Å². The summed E-state index contributed by atoms with van der Waals surface area (Å²) >= 11 is 1.95. The second-order valence-corrected chi connectivity index (χ2v) is 7.80. The third kappa shape index (κ3) is 8.50. The second kappa shape index (κ2) is 12.4. The van der Waals surface area contributed by atoms with Crippen LogP contribution in [0.2, 0.25) is 6.04 Å². The van der Waals surface area contributed by atoms with Crippen LogP contribution in [0.3, 0.4) is 0 Å². The molecule has 0 aliphatic carbocycles. The zero-order chi connectivity index (χ0) is 13.7. The molecule has 0 saturated heterocycles. The van der Waals surface area contributed by atoms with Crippen molar-refractivity contribution in [1.29, 1.82) is 0 Å².